The van der Waals surface area contributed by atoms with Gasteiger partial charge in [-0.25, -0.2) is 4.79 Å². The van der Waals surface area contributed by atoms with Crippen LogP contribution in [0, 0.1) is 0 Å². The topological polar surface area (TPSA) is 125 Å². The van der Waals surface area contributed by atoms with E-state index in [2.05, 4.69) is 4.90 Å². The van der Waals surface area contributed by atoms with E-state index in [-0.39, 0.29) is 22.8 Å². The second-order valence-corrected chi connectivity index (χ2v) is 10.8. The summed E-state index contributed by atoms with van der Waals surface area (Å²) in [6, 6.07) is 6.42. The van der Waals surface area contributed by atoms with Gasteiger partial charge in [0.15, 0.2) is 16.9 Å². The maximum absolute atomic E-state index is 13.7. The van der Waals surface area contributed by atoms with E-state index in [0.717, 1.165) is 29.5 Å². The van der Waals surface area contributed by atoms with Gasteiger partial charge in [-0.05, 0) is 38.8 Å². The Hall–Kier alpha value is -3.31. The van der Waals surface area contributed by atoms with Crippen LogP contribution in [0.2, 0.25) is 0 Å². The molecule has 3 heterocycles. The van der Waals surface area contributed by atoms with E-state index in [1.54, 1.807) is 25.2 Å². The van der Waals surface area contributed by atoms with Crippen LogP contribution in [-0.2, 0) is 30.9 Å². The molecule has 0 radical (unpaired) electrons. The van der Waals surface area contributed by atoms with Gasteiger partial charge in [0.1, 0.15) is 0 Å². The Kier molecular flexibility index (Phi) is 7.41. The summed E-state index contributed by atoms with van der Waals surface area (Å²) in [5.74, 6) is 0.172. The summed E-state index contributed by atoms with van der Waals surface area (Å²) in [6.45, 7) is 5.26. The average Bonchev–Trinajstić information content (AvgIpc) is 3.23. The minimum atomic E-state index is -1.26. The fraction of sp³-hybridized carbons (Fsp3) is 0.440. The number of benzene rings is 1. The van der Waals surface area contributed by atoms with Crippen molar-refractivity contribution in [3.8, 4) is 0 Å². The molecule has 0 aliphatic carbocycles. The van der Waals surface area contributed by atoms with E-state index in [1.807, 2.05) is 24.5 Å². The summed E-state index contributed by atoms with van der Waals surface area (Å²) in [7, 11) is 0.289. The summed E-state index contributed by atoms with van der Waals surface area (Å²) in [5, 5.41) is 0. The number of allylic oxidation sites excluding steroid dienone is 2. The molecule has 0 saturated carbocycles. The van der Waals surface area contributed by atoms with E-state index in [4.69, 9.17) is 10.7 Å². The smallest absolute Gasteiger partial charge is 0.332 e. The van der Waals surface area contributed by atoms with Gasteiger partial charge in [0.2, 0.25) is 5.95 Å². The number of carbonyl (C=O) groups is 1. The van der Waals surface area contributed by atoms with Crippen molar-refractivity contribution < 1.29 is 9.00 Å². The zero-order valence-corrected chi connectivity index (χ0v) is 21.9. The predicted molar refractivity (Wildman–Crippen MR) is 141 cm³/mol. The zero-order chi connectivity index (χ0) is 26.1. The third kappa shape index (κ3) is 4.98. The molecule has 0 spiro atoms. The first-order valence-electron chi connectivity index (χ1n) is 11.9. The highest BCUT2D eigenvalue weighted by Crippen LogP contribution is 2.23. The normalized spacial score (nSPS) is 16.8. The van der Waals surface area contributed by atoms with E-state index in [9.17, 15) is 18.6 Å². The largest absolute Gasteiger partial charge is 0.341 e. The fourth-order valence-electron chi connectivity index (χ4n) is 4.46. The lowest BCUT2D eigenvalue weighted by molar-refractivity contribution is 0.0968. The molecule has 1 fully saturated rings. The van der Waals surface area contributed by atoms with Crippen molar-refractivity contribution in [3.63, 3.8) is 0 Å². The quantitative estimate of drug-likeness (QED) is 0.375. The second kappa shape index (κ2) is 10.4. The van der Waals surface area contributed by atoms with Gasteiger partial charge in [0.05, 0.1) is 6.54 Å². The van der Waals surface area contributed by atoms with E-state index >= 15 is 0 Å². The van der Waals surface area contributed by atoms with Gasteiger partial charge < -0.3 is 15.2 Å². The third-order valence-electron chi connectivity index (χ3n) is 6.42. The standard InChI is InChI=1S/C25H32N6O4S/c1-16(2)10-12-30-21-22(27-24(30)29-11-6-8-18(26)14-29)28(3)25(34)31(23(21)33)15-20(32)17-7-5-9-19(13-17)36(4)35/h5,7,9-10,13,18H,6,8,11-12,14-15,26H2,1-4H3. The molecule has 11 heteroatoms. The highest BCUT2D eigenvalue weighted by atomic mass is 32.2. The van der Waals surface area contributed by atoms with Crippen LogP contribution in [-0.4, -0.2) is 54.1 Å². The number of nitrogens with two attached hydrogens (primary N) is 1. The lowest BCUT2D eigenvalue weighted by Gasteiger charge is -2.31. The molecule has 3 aromatic rings. The highest BCUT2D eigenvalue weighted by molar-refractivity contribution is 7.84. The molecule has 192 valence electrons. The number of imidazole rings is 1. The average molecular weight is 513 g/mol. The number of nitrogens with zero attached hydrogens (tertiary/aromatic N) is 5. The first-order chi connectivity index (χ1) is 17.1. The van der Waals surface area contributed by atoms with Crippen molar-refractivity contribution in [2.75, 3.05) is 24.2 Å². The lowest BCUT2D eigenvalue weighted by atomic mass is 10.1. The Balaban J connectivity index is 1.86. The van der Waals surface area contributed by atoms with Crippen LogP contribution in [0.5, 0.6) is 0 Å². The molecule has 2 atom stereocenters. The maximum Gasteiger partial charge on any atom is 0.332 e. The number of hydrogen-bond acceptors (Lipinski definition) is 7. The maximum atomic E-state index is 13.7. The SMILES string of the molecule is CC(C)=CCn1c(N2CCCC(N)C2)nc2c1c(=O)n(CC(=O)c1cccc(S(C)=O)c1)c(=O)n2C. The van der Waals surface area contributed by atoms with Crippen LogP contribution in [0.4, 0.5) is 5.95 Å². The van der Waals surface area contributed by atoms with Crippen molar-refractivity contribution >= 4 is 33.7 Å². The number of rotatable bonds is 7. The number of aromatic nitrogens is 4. The first kappa shape index (κ1) is 25.8. The van der Waals surface area contributed by atoms with Crippen molar-refractivity contribution in [2.45, 2.75) is 50.7 Å². The summed E-state index contributed by atoms with van der Waals surface area (Å²) < 4.78 is 15.9. The summed E-state index contributed by atoms with van der Waals surface area (Å²) >= 11 is 0. The van der Waals surface area contributed by atoms with Gasteiger partial charge in [0, 0.05) is 60.2 Å². The minimum absolute atomic E-state index is 0.00165. The van der Waals surface area contributed by atoms with Crippen LogP contribution in [0.3, 0.4) is 0 Å². The molecule has 10 nitrogen and oxygen atoms in total. The number of carbonyl (C=O) groups excluding carboxylic acids is 1. The molecule has 1 aliphatic heterocycles. The number of hydrogen-bond donors (Lipinski definition) is 1. The number of piperidine rings is 1. The number of ketones is 1. The summed E-state index contributed by atoms with van der Waals surface area (Å²) in [4.78, 5) is 47.2. The van der Waals surface area contributed by atoms with Crippen LogP contribution in [0.1, 0.15) is 37.0 Å². The van der Waals surface area contributed by atoms with E-state index < -0.39 is 34.4 Å². The van der Waals surface area contributed by atoms with Gasteiger partial charge in [-0.1, -0.05) is 23.8 Å². The van der Waals surface area contributed by atoms with E-state index in [0.29, 0.717) is 23.9 Å². The highest BCUT2D eigenvalue weighted by Gasteiger charge is 2.26. The van der Waals surface area contributed by atoms with Crippen LogP contribution in [0.25, 0.3) is 11.2 Å². The molecule has 1 aliphatic rings. The van der Waals surface area contributed by atoms with Gasteiger partial charge in [-0.3, -0.25) is 22.9 Å². The molecule has 36 heavy (non-hydrogen) atoms. The summed E-state index contributed by atoms with van der Waals surface area (Å²) in [6.07, 6.45) is 5.35. The Morgan fingerprint density at radius 1 is 1.25 bits per heavy atom. The Labute approximate surface area is 211 Å². The van der Waals surface area contributed by atoms with Gasteiger partial charge >= 0.3 is 5.69 Å². The molecule has 2 unspecified atom stereocenters. The number of Topliss-reactive ketones (excluding diaryl/α,β-unsaturated/α-hetero) is 1. The van der Waals surface area contributed by atoms with E-state index in [1.165, 1.54) is 16.9 Å². The van der Waals surface area contributed by atoms with Gasteiger partial charge in [-0.2, -0.15) is 4.98 Å². The monoisotopic (exact) mass is 512 g/mol. The molecule has 4 rings (SSSR count). The predicted octanol–water partition coefficient (Wildman–Crippen LogP) is 1.41. The van der Waals surface area contributed by atoms with Crippen LogP contribution < -0.4 is 21.9 Å². The third-order valence-corrected chi connectivity index (χ3v) is 7.34. The van der Waals surface area contributed by atoms with Crippen molar-refractivity contribution in [3.05, 3.63) is 62.3 Å². The van der Waals surface area contributed by atoms with Gasteiger partial charge in [-0.15, -0.1) is 0 Å². The molecule has 2 aromatic heterocycles. The van der Waals surface area contributed by atoms with Crippen molar-refractivity contribution in [1.29, 1.82) is 0 Å². The molecule has 1 aromatic carbocycles. The van der Waals surface area contributed by atoms with Crippen molar-refractivity contribution in [1.82, 2.24) is 18.7 Å². The molecule has 2 N–H and O–H groups in total. The Morgan fingerprint density at radius 3 is 2.67 bits per heavy atom. The Morgan fingerprint density at radius 2 is 2.00 bits per heavy atom. The number of fused-ring (bicyclic) bond motifs is 1. The molecular weight excluding hydrogens is 480 g/mol. The first-order valence-corrected chi connectivity index (χ1v) is 13.4. The lowest BCUT2D eigenvalue weighted by Crippen LogP contribution is -2.44. The van der Waals surface area contributed by atoms with Gasteiger partial charge in [0.25, 0.3) is 5.56 Å². The molecule has 1 saturated heterocycles. The van der Waals surface area contributed by atoms with Crippen LogP contribution in [0.15, 0.2) is 50.4 Å². The number of anilines is 1. The van der Waals surface area contributed by atoms with Crippen molar-refractivity contribution in [2.24, 2.45) is 12.8 Å². The number of aryl methyl sites for hydroxylation is 1. The molecule has 0 amide bonds. The zero-order valence-electron chi connectivity index (χ0n) is 21.1. The second-order valence-electron chi connectivity index (χ2n) is 9.46. The Bertz CT molecular complexity index is 1490. The van der Waals surface area contributed by atoms with Crippen LogP contribution >= 0.6 is 0 Å². The minimum Gasteiger partial charge on any atom is -0.341 e. The molecule has 0 bridgehead atoms. The summed E-state index contributed by atoms with van der Waals surface area (Å²) in [5.41, 5.74) is 6.92. The molecular formula is C25H32N6O4S. The fourth-order valence-corrected chi connectivity index (χ4v) is 5.03.